The molecule has 3 amide bonds. The Bertz CT molecular complexity index is 666. The number of rotatable bonds is 7. The molecule has 0 aliphatic heterocycles. The predicted molar refractivity (Wildman–Crippen MR) is 105 cm³/mol. The average Bonchev–Trinajstić information content (AvgIpc) is 2.43. The van der Waals surface area contributed by atoms with Crippen LogP contribution in [-0.4, -0.2) is 29.1 Å². The van der Waals surface area contributed by atoms with Crippen molar-refractivity contribution in [2.45, 2.75) is 57.9 Å². The molecule has 0 bridgehead atoms. The van der Waals surface area contributed by atoms with Crippen LogP contribution in [-0.2, 0) is 4.79 Å². The summed E-state index contributed by atoms with van der Waals surface area (Å²) in [5, 5.41) is 5.44. The zero-order valence-electron chi connectivity index (χ0n) is 16.1. The molecule has 0 saturated heterocycles. The van der Waals surface area contributed by atoms with Gasteiger partial charge in [0.1, 0.15) is 0 Å². The molecule has 0 saturated carbocycles. The van der Waals surface area contributed by atoms with E-state index in [0.29, 0.717) is 10.5 Å². The Morgan fingerprint density at radius 2 is 1.69 bits per heavy atom. The summed E-state index contributed by atoms with van der Waals surface area (Å²) >= 11 is 0.989. The first-order chi connectivity index (χ1) is 11.9. The molecule has 1 aromatic rings. The fraction of sp³-hybridized carbons (Fsp3) is 0.526. The van der Waals surface area contributed by atoms with E-state index < -0.39 is 5.91 Å². The van der Waals surface area contributed by atoms with E-state index in [1.54, 1.807) is 24.3 Å². The summed E-state index contributed by atoms with van der Waals surface area (Å²) in [6.07, 6.45) is 0.893. The first kappa shape index (κ1) is 22.0. The van der Waals surface area contributed by atoms with Gasteiger partial charge in [0.2, 0.25) is 5.91 Å². The zero-order valence-corrected chi connectivity index (χ0v) is 17.0. The van der Waals surface area contributed by atoms with Crippen LogP contribution in [0.3, 0.4) is 0 Å². The first-order valence-electron chi connectivity index (χ1n) is 8.55. The fourth-order valence-electron chi connectivity index (χ4n) is 2.91. The van der Waals surface area contributed by atoms with Gasteiger partial charge in [-0.2, -0.15) is 0 Å². The molecule has 0 radical (unpaired) electrons. The minimum atomic E-state index is -0.478. The zero-order chi connectivity index (χ0) is 20.0. The number of carbonyl (C=O) groups excluding carboxylic acids is 3. The second kappa shape index (κ2) is 9.07. The third-order valence-corrected chi connectivity index (χ3v) is 4.27. The number of nitrogens with one attached hydrogen (secondary N) is 2. The van der Waals surface area contributed by atoms with Gasteiger partial charge in [0.05, 0.1) is 5.56 Å². The standard InChI is InChI=1S/C19H29N3O3S/c1-18(2,3)12-19(4,5)22-17(25)26-14-9-7-6-8-13(14)16(24)21-11-10-15(20)23/h6-9H,10-12H2,1-5H3,(H2,20,23)(H,21,24)(H,22,25). The second-order valence-electron chi connectivity index (χ2n) is 8.10. The summed E-state index contributed by atoms with van der Waals surface area (Å²) in [5.41, 5.74) is 5.19. The van der Waals surface area contributed by atoms with Crippen LogP contribution >= 0.6 is 11.8 Å². The van der Waals surface area contributed by atoms with E-state index in [1.165, 1.54) is 0 Å². The van der Waals surface area contributed by atoms with E-state index in [2.05, 4.69) is 31.4 Å². The summed E-state index contributed by atoms with van der Waals surface area (Å²) in [6.45, 7) is 10.5. The molecule has 0 aromatic heterocycles. The Balaban J connectivity index is 2.76. The van der Waals surface area contributed by atoms with Crippen LogP contribution < -0.4 is 16.4 Å². The van der Waals surface area contributed by atoms with E-state index in [9.17, 15) is 14.4 Å². The fourth-order valence-corrected chi connectivity index (χ4v) is 3.85. The highest BCUT2D eigenvalue weighted by Gasteiger charge is 2.27. The average molecular weight is 380 g/mol. The van der Waals surface area contributed by atoms with Gasteiger partial charge < -0.3 is 16.4 Å². The largest absolute Gasteiger partial charge is 0.370 e. The van der Waals surface area contributed by atoms with Gasteiger partial charge in [-0.05, 0) is 49.6 Å². The van der Waals surface area contributed by atoms with Crippen molar-refractivity contribution in [3.05, 3.63) is 29.8 Å². The molecule has 0 heterocycles. The van der Waals surface area contributed by atoms with E-state index in [-0.39, 0.29) is 35.1 Å². The summed E-state index contributed by atoms with van der Waals surface area (Å²) in [7, 11) is 0. The van der Waals surface area contributed by atoms with E-state index in [1.807, 2.05) is 13.8 Å². The normalized spacial score (nSPS) is 11.7. The van der Waals surface area contributed by atoms with Crippen LogP contribution in [0.2, 0.25) is 0 Å². The Morgan fingerprint density at radius 3 is 2.27 bits per heavy atom. The number of hydrogen-bond donors (Lipinski definition) is 3. The molecule has 6 nitrogen and oxygen atoms in total. The van der Waals surface area contributed by atoms with E-state index >= 15 is 0 Å². The summed E-state index contributed by atoms with van der Waals surface area (Å²) in [5.74, 6) is -0.815. The quantitative estimate of drug-likeness (QED) is 0.633. The van der Waals surface area contributed by atoms with Crippen molar-refractivity contribution >= 4 is 28.8 Å². The highest BCUT2D eigenvalue weighted by atomic mass is 32.2. The number of thioether (sulfide) groups is 1. The maximum absolute atomic E-state index is 12.5. The minimum absolute atomic E-state index is 0.0720. The molecule has 7 heteroatoms. The van der Waals surface area contributed by atoms with Gasteiger partial charge in [0, 0.05) is 23.4 Å². The lowest BCUT2D eigenvalue weighted by molar-refractivity contribution is -0.117. The van der Waals surface area contributed by atoms with E-state index in [0.717, 1.165) is 18.2 Å². The molecule has 0 atom stereocenters. The third kappa shape index (κ3) is 8.38. The Hall–Kier alpha value is -2.02. The van der Waals surface area contributed by atoms with Crippen molar-refractivity contribution in [3.63, 3.8) is 0 Å². The minimum Gasteiger partial charge on any atom is -0.370 e. The predicted octanol–water partition coefficient (Wildman–Crippen LogP) is 3.31. The molecular weight excluding hydrogens is 350 g/mol. The van der Waals surface area contributed by atoms with Crippen molar-refractivity contribution in [1.82, 2.24) is 10.6 Å². The van der Waals surface area contributed by atoms with Crippen LogP contribution in [0.15, 0.2) is 29.2 Å². The van der Waals surface area contributed by atoms with Gasteiger partial charge in [-0.1, -0.05) is 32.9 Å². The lowest BCUT2D eigenvalue weighted by atomic mass is 9.82. The smallest absolute Gasteiger partial charge is 0.284 e. The number of carbonyl (C=O) groups is 3. The monoisotopic (exact) mass is 379 g/mol. The number of benzene rings is 1. The van der Waals surface area contributed by atoms with Crippen LogP contribution in [0.25, 0.3) is 0 Å². The number of hydrogen-bond acceptors (Lipinski definition) is 4. The van der Waals surface area contributed by atoms with Crippen LogP contribution in [0.1, 0.15) is 57.8 Å². The Labute approximate surface area is 159 Å². The number of primary amides is 1. The van der Waals surface area contributed by atoms with Gasteiger partial charge >= 0.3 is 0 Å². The van der Waals surface area contributed by atoms with Gasteiger partial charge in [-0.15, -0.1) is 0 Å². The molecule has 26 heavy (non-hydrogen) atoms. The molecule has 1 rings (SSSR count). The topological polar surface area (TPSA) is 101 Å². The number of amides is 3. The highest BCUT2D eigenvalue weighted by molar-refractivity contribution is 8.13. The lowest BCUT2D eigenvalue weighted by Crippen LogP contribution is -2.44. The van der Waals surface area contributed by atoms with Crippen molar-refractivity contribution in [2.24, 2.45) is 11.1 Å². The summed E-state index contributed by atoms with van der Waals surface area (Å²) < 4.78 is 0. The summed E-state index contributed by atoms with van der Waals surface area (Å²) in [6, 6.07) is 6.88. The van der Waals surface area contributed by atoms with E-state index in [4.69, 9.17) is 5.73 Å². The third-order valence-electron chi connectivity index (χ3n) is 3.40. The Morgan fingerprint density at radius 1 is 1.08 bits per heavy atom. The highest BCUT2D eigenvalue weighted by Crippen LogP contribution is 2.29. The van der Waals surface area contributed by atoms with Crippen molar-refractivity contribution in [3.8, 4) is 0 Å². The molecule has 0 unspecified atom stereocenters. The molecule has 0 fully saturated rings. The van der Waals surface area contributed by atoms with Crippen molar-refractivity contribution in [1.29, 1.82) is 0 Å². The first-order valence-corrected chi connectivity index (χ1v) is 9.37. The molecule has 0 aliphatic rings. The van der Waals surface area contributed by atoms with Gasteiger partial charge in [0.25, 0.3) is 11.1 Å². The molecule has 1 aromatic carbocycles. The molecular formula is C19H29N3O3S. The maximum atomic E-state index is 12.5. The maximum Gasteiger partial charge on any atom is 0.284 e. The van der Waals surface area contributed by atoms with Crippen LogP contribution in [0, 0.1) is 5.41 Å². The molecule has 0 aliphatic carbocycles. The van der Waals surface area contributed by atoms with Gasteiger partial charge in [-0.25, -0.2) is 0 Å². The molecule has 4 N–H and O–H groups in total. The Kier molecular flexibility index (Phi) is 7.68. The van der Waals surface area contributed by atoms with Crippen molar-refractivity contribution < 1.29 is 14.4 Å². The van der Waals surface area contributed by atoms with Crippen molar-refractivity contribution in [2.75, 3.05) is 6.54 Å². The SMILES string of the molecule is CC(C)(C)CC(C)(C)NC(=O)Sc1ccccc1C(=O)NCCC(N)=O. The van der Waals surface area contributed by atoms with Crippen LogP contribution in [0.5, 0.6) is 0 Å². The van der Waals surface area contributed by atoms with Gasteiger partial charge in [-0.3, -0.25) is 14.4 Å². The second-order valence-corrected chi connectivity index (χ2v) is 9.12. The summed E-state index contributed by atoms with van der Waals surface area (Å²) in [4.78, 5) is 36.1. The molecule has 0 spiro atoms. The van der Waals surface area contributed by atoms with Gasteiger partial charge in [0.15, 0.2) is 0 Å². The van der Waals surface area contributed by atoms with Crippen LogP contribution in [0.4, 0.5) is 4.79 Å². The molecule has 144 valence electrons. The number of nitrogens with two attached hydrogens (primary N) is 1. The lowest BCUT2D eigenvalue weighted by Gasteiger charge is -2.33.